The second kappa shape index (κ2) is 6.88. The number of H-pyrrole nitrogens is 1. The van der Waals surface area contributed by atoms with Crippen molar-refractivity contribution in [3.05, 3.63) is 83.0 Å². The van der Waals surface area contributed by atoms with Crippen molar-refractivity contribution in [1.82, 2.24) is 14.5 Å². The van der Waals surface area contributed by atoms with Gasteiger partial charge < -0.3 is 10.3 Å². The van der Waals surface area contributed by atoms with E-state index in [9.17, 15) is 4.79 Å². The highest BCUT2D eigenvalue weighted by Gasteiger charge is 2.08. The van der Waals surface area contributed by atoms with Gasteiger partial charge in [0.1, 0.15) is 0 Å². The van der Waals surface area contributed by atoms with Crippen LogP contribution in [0.15, 0.2) is 71.8 Å². The van der Waals surface area contributed by atoms with Crippen LogP contribution in [0.5, 0.6) is 0 Å². The second-order valence-electron chi connectivity index (χ2n) is 6.21. The lowest BCUT2D eigenvalue weighted by atomic mass is 10.1. The zero-order valence-electron chi connectivity index (χ0n) is 14.6. The van der Waals surface area contributed by atoms with Crippen LogP contribution < -0.4 is 11.0 Å². The van der Waals surface area contributed by atoms with E-state index in [0.717, 1.165) is 34.4 Å². The summed E-state index contributed by atoms with van der Waals surface area (Å²) in [5, 5.41) is 3.41. The van der Waals surface area contributed by atoms with Gasteiger partial charge in [-0.25, -0.2) is 4.79 Å². The highest BCUT2D eigenvalue weighted by Crippen LogP contribution is 2.25. The minimum Gasteiger partial charge on any atom is -0.380 e. The van der Waals surface area contributed by atoms with Crippen LogP contribution in [-0.4, -0.2) is 14.5 Å². The quantitative estimate of drug-likeness (QED) is 0.575. The Morgan fingerprint density at radius 3 is 2.69 bits per heavy atom. The number of pyridine rings is 1. The zero-order valence-corrected chi connectivity index (χ0v) is 14.6. The fourth-order valence-corrected chi connectivity index (χ4v) is 3.14. The van der Waals surface area contributed by atoms with E-state index in [0.29, 0.717) is 6.54 Å². The molecule has 2 aromatic carbocycles. The van der Waals surface area contributed by atoms with E-state index in [4.69, 9.17) is 0 Å². The standard InChI is InChI=1S/C21H20N4O/c1-2-25-20-11-16(8-9-19(20)24-21(25)26)17-10-18(14-22-13-17)23-12-15-6-4-3-5-7-15/h3-11,13-14,23H,2,12H2,1H3,(H,24,26). The minimum absolute atomic E-state index is 0.0731. The lowest BCUT2D eigenvalue weighted by molar-refractivity contribution is 0.753. The van der Waals surface area contributed by atoms with E-state index in [1.54, 1.807) is 4.57 Å². The molecule has 4 rings (SSSR count). The van der Waals surface area contributed by atoms with Crippen LogP contribution in [0.2, 0.25) is 0 Å². The number of imidazole rings is 1. The van der Waals surface area contributed by atoms with E-state index >= 15 is 0 Å². The number of aromatic nitrogens is 3. The summed E-state index contributed by atoms with van der Waals surface area (Å²) < 4.78 is 1.74. The van der Waals surface area contributed by atoms with Gasteiger partial charge in [-0.1, -0.05) is 36.4 Å². The van der Waals surface area contributed by atoms with Crippen molar-refractivity contribution in [3.63, 3.8) is 0 Å². The van der Waals surface area contributed by atoms with Crippen molar-refractivity contribution >= 4 is 16.7 Å². The molecular weight excluding hydrogens is 324 g/mol. The maximum atomic E-state index is 12.0. The first-order chi connectivity index (χ1) is 12.7. The third kappa shape index (κ3) is 3.11. The third-order valence-electron chi connectivity index (χ3n) is 4.50. The number of anilines is 1. The summed E-state index contributed by atoms with van der Waals surface area (Å²) >= 11 is 0. The third-order valence-corrected chi connectivity index (χ3v) is 4.50. The first-order valence-electron chi connectivity index (χ1n) is 8.70. The SMILES string of the molecule is CCn1c(=O)[nH]c2ccc(-c3cncc(NCc4ccccc4)c3)cc21. The molecule has 0 spiro atoms. The minimum atomic E-state index is -0.0731. The van der Waals surface area contributed by atoms with Crippen molar-refractivity contribution in [2.45, 2.75) is 20.0 Å². The van der Waals surface area contributed by atoms with Gasteiger partial charge in [-0.3, -0.25) is 9.55 Å². The molecule has 2 aromatic heterocycles. The number of nitrogens with zero attached hydrogens (tertiary/aromatic N) is 2. The van der Waals surface area contributed by atoms with Crippen LogP contribution in [0.4, 0.5) is 5.69 Å². The molecule has 2 heterocycles. The molecule has 0 amide bonds. The van der Waals surface area contributed by atoms with Gasteiger partial charge in [0.15, 0.2) is 0 Å². The van der Waals surface area contributed by atoms with Gasteiger partial charge in [0.05, 0.1) is 16.7 Å². The molecule has 0 aliphatic carbocycles. The van der Waals surface area contributed by atoms with Gasteiger partial charge in [-0.05, 0) is 36.2 Å². The summed E-state index contributed by atoms with van der Waals surface area (Å²) in [4.78, 5) is 19.2. The number of aromatic amines is 1. The predicted molar refractivity (Wildman–Crippen MR) is 105 cm³/mol. The molecule has 0 aliphatic heterocycles. The van der Waals surface area contributed by atoms with Crippen LogP contribution in [0.25, 0.3) is 22.2 Å². The molecule has 0 unspecified atom stereocenters. The Morgan fingerprint density at radius 1 is 1.04 bits per heavy atom. The van der Waals surface area contributed by atoms with Crippen LogP contribution in [0, 0.1) is 0 Å². The molecule has 0 aliphatic rings. The van der Waals surface area contributed by atoms with E-state index in [1.807, 2.05) is 55.7 Å². The number of benzene rings is 2. The number of nitrogens with one attached hydrogen (secondary N) is 2. The lowest BCUT2D eigenvalue weighted by Crippen LogP contribution is -2.14. The monoisotopic (exact) mass is 344 g/mol. The van der Waals surface area contributed by atoms with Crippen molar-refractivity contribution in [2.75, 3.05) is 5.32 Å². The topological polar surface area (TPSA) is 62.7 Å². The molecule has 0 radical (unpaired) electrons. The van der Waals surface area contributed by atoms with Gasteiger partial charge >= 0.3 is 5.69 Å². The van der Waals surface area contributed by atoms with Gasteiger partial charge in [0.25, 0.3) is 0 Å². The first-order valence-corrected chi connectivity index (χ1v) is 8.70. The molecule has 5 heteroatoms. The molecule has 0 fully saturated rings. The normalized spacial score (nSPS) is 11.0. The summed E-state index contributed by atoms with van der Waals surface area (Å²) in [6.07, 6.45) is 3.67. The Hall–Kier alpha value is -3.34. The highest BCUT2D eigenvalue weighted by molar-refractivity contribution is 5.82. The molecule has 0 saturated heterocycles. The van der Waals surface area contributed by atoms with E-state index in [2.05, 4.69) is 33.5 Å². The van der Waals surface area contributed by atoms with Crippen LogP contribution in [0.3, 0.4) is 0 Å². The number of fused-ring (bicyclic) bond motifs is 1. The van der Waals surface area contributed by atoms with Crippen molar-refractivity contribution in [1.29, 1.82) is 0 Å². The Bertz CT molecular complexity index is 1100. The first kappa shape index (κ1) is 16.1. The van der Waals surface area contributed by atoms with Gasteiger partial charge in [0, 0.05) is 31.0 Å². The summed E-state index contributed by atoms with van der Waals surface area (Å²) in [5.41, 5.74) is 5.93. The molecule has 0 saturated carbocycles. The van der Waals surface area contributed by atoms with Crippen molar-refractivity contribution < 1.29 is 0 Å². The molecule has 0 atom stereocenters. The lowest BCUT2D eigenvalue weighted by Gasteiger charge is -2.09. The maximum Gasteiger partial charge on any atom is 0.326 e. The Morgan fingerprint density at radius 2 is 1.88 bits per heavy atom. The van der Waals surface area contributed by atoms with Crippen molar-refractivity contribution in [3.8, 4) is 11.1 Å². The Kier molecular flexibility index (Phi) is 4.27. The molecule has 2 N–H and O–H groups in total. The number of rotatable bonds is 5. The summed E-state index contributed by atoms with van der Waals surface area (Å²) in [6.45, 7) is 3.36. The van der Waals surface area contributed by atoms with Crippen LogP contribution >= 0.6 is 0 Å². The molecule has 130 valence electrons. The Balaban J connectivity index is 1.63. The van der Waals surface area contributed by atoms with Crippen LogP contribution in [-0.2, 0) is 13.1 Å². The summed E-state index contributed by atoms with van der Waals surface area (Å²) in [6, 6.07) is 18.3. The molecule has 5 nitrogen and oxygen atoms in total. The average molecular weight is 344 g/mol. The van der Waals surface area contributed by atoms with E-state index < -0.39 is 0 Å². The van der Waals surface area contributed by atoms with Gasteiger partial charge in [-0.15, -0.1) is 0 Å². The highest BCUT2D eigenvalue weighted by atomic mass is 16.1. The molecule has 26 heavy (non-hydrogen) atoms. The van der Waals surface area contributed by atoms with Crippen molar-refractivity contribution in [2.24, 2.45) is 0 Å². The summed E-state index contributed by atoms with van der Waals surface area (Å²) in [5.74, 6) is 0. The average Bonchev–Trinajstić information content (AvgIpc) is 3.01. The predicted octanol–water partition coefficient (Wildman–Crippen LogP) is 4.02. The van der Waals surface area contributed by atoms with Gasteiger partial charge in [-0.2, -0.15) is 0 Å². The maximum absolute atomic E-state index is 12.0. The Labute approximate surface area is 151 Å². The molecule has 4 aromatic rings. The number of hydrogen-bond donors (Lipinski definition) is 2. The number of aryl methyl sites for hydroxylation is 1. The largest absolute Gasteiger partial charge is 0.380 e. The molecular formula is C21H20N4O. The number of hydrogen-bond acceptors (Lipinski definition) is 3. The van der Waals surface area contributed by atoms with Gasteiger partial charge in [0.2, 0.25) is 0 Å². The second-order valence-corrected chi connectivity index (χ2v) is 6.21. The fraction of sp³-hybridized carbons (Fsp3) is 0.143. The fourth-order valence-electron chi connectivity index (χ4n) is 3.14. The zero-order chi connectivity index (χ0) is 17.9. The van der Waals surface area contributed by atoms with Crippen LogP contribution in [0.1, 0.15) is 12.5 Å². The summed E-state index contributed by atoms with van der Waals surface area (Å²) in [7, 11) is 0. The van der Waals surface area contributed by atoms with E-state index in [1.165, 1.54) is 5.56 Å². The van der Waals surface area contributed by atoms with E-state index in [-0.39, 0.29) is 5.69 Å². The molecule has 0 bridgehead atoms. The smallest absolute Gasteiger partial charge is 0.326 e.